The molecule has 0 aliphatic heterocycles. The van der Waals surface area contributed by atoms with E-state index in [1.807, 2.05) is 24.3 Å². The van der Waals surface area contributed by atoms with Crippen LogP contribution in [0, 0.1) is 5.92 Å². The molecule has 1 atom stereocenters. The highest BCUT2D eigenvalue weighted by Gasteiger charge is 2.40. The van der Waals surface area contributed by atoms with E-state index in [0.29, 0.717) is 5.92 Å². The molecule has 3 nitrogen and oxygen atoms in total. The summed E-state index contributed by atoms with van der Waals surface area (Å²) in [4.78, 5) is 2.35. The number of rotatable bonds is 6. The number of aliphatic hydroxyl groups is 1. The zero-order chi connectivity index (χ0) is 18.6. The molecule has 0 amide bonds. The normalized spacial score (nSPS) is 24.4. The molecule has 140 valence electrons. The molecule has 0 bridgehead atoms. The van der Waals surface area contributed by atoms with E-state index >= 15 is 0 Å². The largest absolute Gasteiger partial charge is 0.497 e. The third-order valence-electron chi connectivity index (χ3n) is 6.15. The van der Waals surface area contributed by atoms with Crippen LogP contribution in [0.1, 0.15) is 36.8 Å². The van der Waals surface area contributed by atoms with Gasteiger partial charge in [0.2, 0.25) is 0 Å². The van der Waals surface area contributed by atoms with Gasteiger partial charge in [-0.15, -0.1) is 0 Å². The Balaban J connectivity index is 1.71. The molecule has 0 aromatic heterocycles. The number of methoxy groups -OCH3 is 1. The van der Waals surface area contributed by atoms with Crippen LogP contribution in [0.2, 0.25) is 0 Å². The fraction of sp³-hybridized carbons (Fsp3) is 0.478. The first-order valence-electron chi connectivity index (χ1n) is 9.59. The lowest BCUT2D eigenvalue weighted by atomic mass is 9.70. The van der Waals surface area contributed by atoms with Crippen LogP contribution in [-0.4, -0.2) is 37.3 Å². The van der Waals surface area contributed by atoms with Crippen molar-refractivity contribution in [3.8, 4) is 5.75 Å². The predicted molar refractivity (Wildman–Crippen MR) is 106 cm³/mol. The minimum atomic E-state index is -0.261. The standard InChI is InChI=1S/C23H31NO2/c1-24(2)23(20-10-7-11-21(17-20)26-3)14-12-19(13-15-23)22(25)16-18-8-5-4-6-9-18/h4-11,17,19,22,25H,12-16H2,1-3H3. The number of benzene rings is 2. The van der Waals surface area contributed by atoms with Crippen molar-refractivity contribution in [1.29, 1.82) is 0 Å². The smallest absolute Gasteiger partial charge is 0.119 e. The third kappa shape index (κ3) is 3.94. The zero-order valence-corrected chi connectivity index (χ0v) is 16.2. The van der Waals surface area contributed by atoms with Gasteiger partial charge >= 0.3 is 0 Å². The Bertz CT molecular complexity index is 690. The van der Waals surface area contributed by atoms with Gasteiger partial charge in [-0.1, -0.05) is 42.5 Å². The van der Waals surface area contributed by atoms with Crippen LogP contribution in [0.15, 0.2) is 54.6 Å². The van der Waals surface area contributed by atoms with Crippen LogP contribution in [0.5, 0.6) is 5.75 Å². The van der Waals surface area contributed by atoms with E-state index < -0.39 is 0 Å². The van der Waals surface area contributed by atoms with Gasteiger partial charge in [-0.3, -0.25) is 4.90 Å². The quantitative estimate of drug-likeness (QED) is 0.843. The topological polar surface area (TPSA) is 32.7 Å². The number of aliphatic hydroxyl groups excluding tert-OH is 1. The Labute approximate surface area is 157 Å². The van der Waals surface area contributed by atoms with Gasteiger partial charge in [-0.25, -0.2) is 0 Å². The molecular formula is C23H31NO2. The molecule has 0 heterocycles. The highest BCUT2D eigenvalue weighted by atomic mass is 16.5. The fourth-order valence-corrected chi connectivity index (χ4v) is 4.43. The molecule has 2 aromatic carbocycles. The van der Waals surface area contributed by atoms with Gasteiger partial charge in [0, 0.05) is 5.54 Å². The van der Waals surface area contributed by atoms with Gasteiger partial charge in [0.1, 0.15) is 5.75 Å². The number of hydrogen-bond donors (Lipinski definition) is 1. The van der Waals surface area contributed by atoms with E-state index in [9.17, 15) is 5.11 Å². The Hall–Kier alpha value is -1.84. The van der Waals surface area contributed by atoms with Crippen molar-refractivity contribution >= 4 is 0 Å². The zero-order valence-electron chi connectivity index (χ0n) is 16.2. The number of nitrogens with zero attached hydrogens (tertiary/aromatic N) is 1. The molecule has 3 rings (SSSR count). The molecule has 1 unspecified atom stereocenters. The summed E-state index contributed by atoms with van der Waals surface area (Å²) in [5.41, 5.74) is 2.56. The predicted octanol–water partition coefficient (Wildman–Crippen LogP) is 4.25. The molecular weight excluding hydrogens is 322 g/mol. The third-order valence-corrected chi connectivity index (χ3v) is 6.15. The molecule has 3 heteroatoms. The van der Waals surface area contributed by atoms with Crippen molar-refractivity contribution < 1.29 is 9.84 Å². The monoisotopic (exact) mass is 353 g/mol. The fourth-order valence-electron chi connectivity index (χ4n) is 4.43. The van der Waals surface area contributed by atoms with Gasteiger partial charge < -0.3 is 9.84 Å². The van der Waals surface area contributed by atoms with Gasteiger partial charge in [-0.05, 0) is 75.4 Å². The SMILES string of the molecule is COc1cccc(C2(N(C)C)CCC(C(O)Cc3ccccc3)CC2)c1. The Morgan fingerprint density at radius 3 is 2.38 bits per heavy atom. The van der Waals surface area contributed by atoms with Crippen molar-refractivity contribution in [2.45, 2.75) is 43.7 Å². The van der Waals surface area contributed by atoms with Crippen LogP contribution < -0.4 is 4.74 Å². The number of hydrogen-bond acceptors (Lipinski definition) is 3. The van der Waals surface area contributed by atoms with Crippen LogP contribution in [0.3, 0.4) is 0 Å². The maximum atomic E-state index is 10.8. The van der Waals surface area contributed by atoms with Gasteiger partial charge in [0.25, 0.3) is 0 Å². The summed E-state index contributed by atoms with van der Waals surface area (Å²) < 4.78 is 5.44. The van der Waals surface area contributed by atoms with Crippen molar-refractivity contribution in [1.82, 2.24) is 4.90 Å². The van der Waals surface area contributed by atoms with Gasteiger partial charge in [0.05, 0.1) is 13.2 Å². The molecule has 0 spiro atoms. The summed E-state index contributed by atoms with van der Waals surface area (Å²) in [7, 11) is 6.05. The Morgan fingerprint density at radius 2 is 1.77 bits per heavy atom. The average molecular weight is 354 g/mol. The summed E-state index contributed by atoms with van der Waals surface area (Å²) in [5, 5.41) is 10.8. The first-order valence-corrected chi connectivity index (χ1v) is 9.59. The molecule has 1 aliphatic rings. The van der Waals surface area contributed by atoms with Crippen molar-refractivity contribution in [3.05, 3.63) is 65.7 Å². The maximum Gasteiger partial charge on any atom is 0.119 e. The van der Waals surface area contributed by atoms with E-state index in [1.165, 1.54) is 11.1 Å². The molecule has 1 N–H and O–H groups in total. The van der Waals surface area contributed by atoms with Gasteiger partial charge in [0.15, 0.2) is 0 Å². The summed E-state index contributed by atoms with van der Waals surface area (Å²) in [6.45, 7) is 0. The summed E-state index contributed by atoms with van der Waals surface area (Å²) in [6.07, 6.45) is 4.70. The molecule has 1 fully saturated rings. The maximum absolute atomic E-state index is 10.8. The molecule has 26 heavy (non-hydrogen) atoms. The lowest BCUT2D eigenvalue weighted by Gasteiger charge is -2.46. The Kier molecular flexibility index (Phi) is 6.00. The van der Waals surface area contributed by atoms with Crippen molar-refractivity contribution in [2.24, 2.45) is 5.92 Å². The van der Waals surface area contributed by atoms with Crippen LogP contribution in [-0.2, 0) is 12.0 Å². The van der Waals surface area contributed by atoms with E-state index in [0.717, 1.165) is 37.9 Å². The second kappa shape index (κ2) is 8.24. The molecule has 1 saturated carbocycles. The molecule has 0 radical (unpaired) electrons. The minimum Gasteiger partial charge on any atom is -0.497 e. The van der Waals surface area contributed by atoms with Crippen LogP contribution in [0.25, 0.3) is 0 Å². The number of ether oxygens (including phenoxy) is 1. The first-order chi connectivity index (χ1) is 12.5. The Morgan fingerprint density at radius 1 is 1.08 bits per heavy atom. The second-order valence-corrected chi connectivity index (χ2v) is 7.75. The van der Waals surface area contributed by atoms with Gasteiger partial charge in [-0.2, -0.15) is 0 Å². The van der Waals surface area contributed by atoms with Crippen molar-refractivity contribution in [2.75, 3.05) is 21.2 Å². The molecule has 0 saturated heterocycles. The molecule has 1 aliphatic carbocycles. The average Bonchev–Trinajstić information content (AvgIpc) is 2.68. The first kappa shape index (κ1) is 18.9. The van der Waals surface area contributed by atoms with Crippen LogP contribution in [0.4, 0.5) is 0 Å². The summed E-state index contributed by atoms with van der Waals surface area (Å²) in [5.74, 6) is 1.28. The lowest BCUT2D eigenvalue weighted by molar-refractivity contribution is 0.0236. The molecule has 2 aromatic rings. The highest BCUT2D eigenvalue weighted by Crippen LogP contribution is 2.44. The highest BCUT2D eigenvalue weighted by molar-refractivity contribution is 5.34. The summed E-state index contributed by atoms with van der Waals surface area (Å²) in [6, 6.07) is 18.8. The van der Waals surface area contributed by atoms with E-state index in [-0.39, 0.29) is 11.6 Å². The summed E-state index contributed by atoms with van der Waals surface area (Å²) >= 11 is 0. The van der Waals surface area contributed by atoms with Crippen molar-refractivity contribution in [3.63, 3.8) is 0 Å². The second-order valence-electron chi connectivity index (χ2n) is 7.75. The van der Waals surface area contributed by atoms with E-state index in [4.69, 9.17) is 4.74 Å². The lowest BCUT2D eigenvalue weighted by Crippen LogP contribution is -2.45. The van der Waals surface area contributed by atoms with Crippen LogP contribution >= 0.6 is 0 Å². The van der Waals surface area contributed by atoms with E-state index in [2.05, 4.69) is 49.3 Å². The minimum absolute atomic E-state index is 0.0253. The van der Waals surface area contributed by atoms with E-state index in [1.54, 1.807) is 7.11 Å².